The molecule has 2 rings (SSSR count). The maximum absolute atomic E-state index is 11.3. The van der Waals surface area contributed by atoms with E-state index in [0.717, 1.165) is 31.3 Å². The van der Waals surface area contributed by atoms with Gasteiger partial charge >= 0.3 is 0 Å². The Morgan fingerprint density at radius 1 is 1.18 bits per heavy atom. The predicted octanol–water partition coefficient (Wildman–Crippen LogP) is 4.54. The summed E-state index contributed by atoms with van der Waals surface area (Å²) in [4.78, 5) is 0. The van der Waals surface area contributed by atoms with Crippen LogP contribution >= 0.6 is 0 Å². The molecule has 0 aromatic rings. The van der Waals surface area contributed by atoms with Crippen molar-refractivity contribution in [3.8, 4) is 0 Å². The van der Waals surface area contributed by atoms with E-state index in [9.17, 15) is 10.2 Å². The molecule has 124 valence electrons. The molecule has 0 aromatic carbocycles. The lowest BCUT2D eigenvalue weighted by molar-refractivity contribution is -0.110. The van der Waals surface area contributed by atoms with Crippen LogP contribution < -0.4 is 0 Å². The number of hydrogen-bond acceptors (Lipinski definition) is 2. The van der Waals surface area contributed by atoms with Crippen molar-refractivity contribution in [3.05, 3.63) is 35.5 Å². The second kappa shape index (κ2) is 6.33. The minimum Gasteiger partial charge on any atom is -0.389 e. The summed E-state index contributed by atoms with van der Waals surface area (Å²) >= 11 is 0. The Morgan fingerprint density at radius 3 is 2.55 bits per heavy atom. The highest BCUT2D eigenvalue weighted by atomic mass is 16.3. The predicted molar refractivity (Wildman–Crippen MR) is 92.6 cm³/mol. The fraction of sp³-hybridized carbons (Fsp3) is 0.700. The second-order valence-corrected chi connectivity index (χ2v) is 7.96. The van der Waals surface area contributed by atoms with E-state index in [4.69, 9.17) is 0 Å². The molecular weight excluding hydrogens is 272 g/mol. The van der Waals surface area contributed by atoms with Crippen molar-refractivity contribution in [3.63, 3.8) is 0 Å². The van der Waals surface area contributed by atoms with Gasteiger partial charge in [-0.05, 0) is 63.9 Å². The van der Waals surface area contributed by atoms with Gasteiger partial charge in [-0.2, -0.15) is 0 Å². The Balaban J connectivity index is 2.40. The van der Waals surface area contributed by atoms with Gasteiger partial charge < -0.3 is 10.2 Å². The van der Waals surface area contributed by atoms with E-state index < -0.39 is 11.7 Å². The van der Waals surface area contributed by atoms with Gasteiger partial charge in [0.25, 0.3) is 0 Å². The average molecular weight is 304 g/mol. The van der Waals surface area contributed by atoms with Crippen LogP contribution in [0, 0.1) is 11.3 Å². The molecule has 0 radical (unpaired) electrons. The Morgan fingerprint density at radius 2 is 1.86 bits per heavy atom. The third-order valence-corrected chi connectivity index (χ3v) is 6.23. The molecule has 2 aliphatic carbocycles. The first-order valence-corrected chi connectivity index (χ1v) is 8.58. The Hall–Kier alpha value is -0.860. The quantitative estimate of drug-likeness (QED) is 0.645. The van der Waals surface area contributed by atoms with Crippen LogP contribution in [0.4, 0.5) is 0 Å². The zero-order valence-corrected chi connectivity index (χ0v) is 14.7. The molecule has 2 bridgehead atoms. The number of hydrogen-bond donors (Lipinski definition) is 2. The van der Waals surface area contributed by atoms with E-state index in [1.54, 1.807) is 0 Å². The van der Waals surface area contributed by atoms with Crippen molar-refractivity contribution >= 4 is 0 Å². The first-order valence-electron chi connectivity index (χ1n) is 8.58. The SMILES string of the molecule is C=C1CC[C@@]2(O)C/C=C(\C)[C@@H](O)C/C=C(\C)CC[C@H]1C2(C)C. The summed E-state index contributed by atoms with van der Waals surface area (Å²) in [6.45, 7) is 12.8. The minimum atomic E-state index is -0.712. The van der Waals surface area contributed by atoms with E-state index in [1.165, 1.54) is 11.1 Å². The van der Waals surface area contributed by atoms with Crippen LogP contribution in [0.15, 0.2) is 35.5 Å². The summed E-state index contributed by atoms with van der Waals surface area (Å²) in [5.41, 5.74) is 2.68. The van der Waals surface area contributed by atoms with E-state index in [2.05, 4.69) is 33.4 Å². The van der Waals surface area contributed by atoms with Crippen LogP contribution in [0.5, 0.6) is 0 Å². The lowest BCUT2D eigenvalue weighted by atomic mass is 9.55. The molecule has 0 heterocycles. The number of aliphatic hydroxyl groups excluding tert-OH is 1. The van der Waals surface area contributed by atoms with Crippen LogP contribution in [0.3, 0.4) is 0 Å². The monoisotopic (exact) mass is 304 g/mol. The van der Waals surface area contributed by atoms with Gasteiger partial charge in [-0.1, -0.05) is 43.7 Å². The van der Waals surface area contributed by atoms with Gasteiger partial charge in [0, 0.05) is 5.41 Å². The summed E-state index contributed by atoms with van der Waals surface area (Å²) in [5.74, 6) is 0.354. The van der Waals surface area contributed by atoms with Crippen molar-refractivity contribution in [1.82, 2.24) is 0 Å². The van der Waals surface area contributed by atoms with Crippen LogP contribution in [-0.2, 0) is 0 Å². The van der Waals surface area contributed by atoms with Gasteiger partial charge in [0.05, 0.1) is 11.7 Å². The molecule has 2 N–H and O–H groups in total. The van der Waals surface area contributed by atoms with E-state index in [-0.39, 0.29) is 5.41 Å². The maximum atomic E-state index is 11.3. The molecule has 0 unspecified atom stereocenters. The van der Waals surface area contributed by atoms with E-state index in [1.807, 2.05) is 13.0 Å². The third-order valence-electron chi connectivity index (χ3n) is 6.23. The van der Waals surface area contributed by atoms with E-state index >= 15 is 0 Å². The lowest BCUT2D eigenvalue weighted by Crippen LogP contribution is -2.52. The van der Waals surface area contributed by atoms with Crippen LogP contribution in [-0.4, -0.2) is 21.9 Å². The molecule has 3 atom stereocenters. The van der Waals surface area contributed by atoms with Gasteiger partial charge in [-0.25, -0.2) is 0 Å². The molecule has 2 nitrogen and oxygen atoms in total. The summed E-state index contributed by atoms with van der Waals surface area (Å²) in [6, 6.07) is 0. The van der Waals surface area contributed by atoms with Crippen molar-refractivity contribution < 1.29 is 10.2 Å². The highest BCUT2D eigenvalue weighted by Crippen LogP contribution is 2.53. The van der Waals surface area contributed by atoms with Gasteiger partial charge in [0.15, 0.2) is 0 Å². The van der Waals surface area contributed by atoms with E-state index in [0.29, 0.717) is 18.8 Å². The maximum Gasteiger partial charge on any atom is 0.0781 e. The minimum absolute atomic E-state index is 0.191. The molecule has 1 saturated carbocycles. The van der Waals surface area contributed by atoms with Crippen molar-refractivity contribution in [2.75, 3.05) is 0 Å². The Bertz CT molecular complexity index is 498. The Kier molecular flexibility index (Phi) is 5.03. The summed E-state index contributed by atoms with van der Waals surface area (Å²) in [7, 11) is 0. The molecule has 22 heavy (non-hydrogen) atoms. The molecule has 0 saturated heterocycles. The van der Waals surface area contributed by atoms with Crippen LogP contribution in [0.2, 0.25) is 0 Å². The Labute approximate surface area is 135 Å². The smallest absolute Gasteiger partial charge is 0.0781 e. The summed E-state index contributed by atoms with van der Waals surface area (Å²) in [6.07, 6.45) is 8.78. The topological polar surface area (TPSA) is 40.5 Å². The molecule has 1 fully saturated rings. The standard InChI is InChI=1S/C20H32O2/c1-14-6-8-17-15(2)10-12-20(22,19(17,4)5)13-11-16(3)18(21)9-7-14/h7,11,17-18,21-22H,2,6,8-10,12-13H2,1,3-5H3/b14-7+,16-11+/t17-,18+,20-/m1/s1. The molecule has 0 amide bonds. The lowest BCUT2D eigenvalue weighted by Gasteiger charge is -2.52. The zero-order chi connectivity index (χ0) is 16.5. The first kappa shape index (κ1) is 17.5. The van der Waals surface area contributed by atoms with Crippen LogP contribution in [0.1, 0.15) is 66.2 Å². The van der Waals surface area contributed by atoms with Crippen molar-refractivity contribution in [2.45, 2.75) is 77.9 Å². The largest absolute Gasteiger partial charge is 0.389 e. The van der Waals surface area contributed by atoms with Gasteiger partial charge in [-0.15, -0.1) is 0 Å². The number of rotatable bonds is 0. The molecule has 2 aliphatic rings. The fourth-order valence-electron chi connectivity index (χ4n) is 4.07. The highest BCUT2D eigenvalue weighted by Gasteiger charge is 2.50. The van der Waals surface area contributed by atoms with Gasteiger partial charge in [-0.3, -0.25) is 0 Å². The third kappa shape index (κ3) is 3.23. The number of allylic oxidation sites excluding steroid dienone is 2. The fourth-order valence-corrected chi connectivity index (χ4v) is 4.07. The normalized spacial score (nSPS) is 41.5. The van der Waals surface area contributed by atoms with Gasteiger partial charge in [0.2, 0.25) is 0 Å². The highest BCUT2D eigenvalue weighted by molar-refractivity contribution is 5.20. The zero-order valence-electron chi connectivity index (χ0n) is 14.7. The average Bonchev–Trinajstić information content (AvgIpc) is 2.45. The molecule has 0 aromatic heterocycles. The summed E-state index contributed by atoms with van der Waals surface area (Å²) in [5, 5.41) is 21.6. The number of fused-ring (bicyclic) bond motifs is 2. The molecule has 0 spiro atoms. The summed E-state index contributed by atoms with van der Waals surface area (Å²) < 4.78 is 0. The second-order valence-electron chi connectivity index (χ2n) is 7.96. The molecular formula is C20H32O2. The first-order chi connectivity index (χ1) is 10.2. The van der Waals surface area contributed by atoms with Crippen molar-refractivity contribution in [2.24, 2.45) is 11.3 Å². The van der Waals surface area contributed by atoms with Gasteiger partial charge in [0.1, 0.15) is 0 Å². The molecule has 0 aliphatic heterocycles. The molecule has 2 heteroatoms. The van der Waals surface area contributed by atoms with Crippen molar-refractivity contribution in [1.29, 1.82) is 0 Å². The van der Waals surface area contributed by atoms with Crippen LogP contribution in [0.25, 0.3) is 0 Å². The number of aliphatic hydroxyl groups is 2.